The number of hydrogen-bond donors (Lipinski definition) is 1. The Bertz CT molecular complexity index is 258. The fourth-order valence-corrected chi connectivity index (χ4v) is 1.22. The van der Waals surface area contributed by atoms with Crippen molar-refractivity contribution in [2.75, 3.05) is 6.26 Å². The van der Waals surface area contributed by atoms with Crippen molar-refractivity contribution in [1.29, 1.82) is 0 Å². The van der Waals surface area contributed by atoms with E-state index in [0.29, 0.717) is 4.90 Å². The number of phenols is 1. The van der Waals surface area contributed by atoms with Crippen LogP contribution in [-0.2, 0) is 10.8 Å². The van der Waals surface area contributed by atoms with E-state index in [9.17, 15) is 4.21 Å². The number of aromatic hydroxyl groups is 1. The molecule has 0 unspecified atom stereocenters. The van der Waals surface area contributed by atoms with E-state index in [1.165, 1.54) is 6.07 Å². The second-order valence-corrected chi connectivity index (χ2v) is 3.33. The Labute approximate surface area is 62.0 Å². The average molecular weight is 156 g/mol. The summed E-state index contributed by atoms with van der Waals surface area (Å²) in [4.78, 5) is 0.653. The molecule has 1 aromatic carbocycles. The zero-order valence-corrected chi connectivity index (χ0v) is 6.39. The fourth-order valence-electron chi connectivity index (χ4n) is 0.662. The molecule has 0 aromatic heterocycles. The molecular formula is C7H8O2S. The van der Waals surface area contributed by atoms with Crippen LogP contribution in [0, 0.1) is 0 Å². The summed E-state index contributed by atoms with van der Waals surface area (Å²) >= 11 is 0. The summed E-state index contributed by atoms with van der Waals surface area (Å²) in [5, 5.41) is 8.93. The number of phenolic OH excluding ortho intramolecular Hbond substituents is 1. The van der Waals surface area contributed by atoms with Gasteiger partial charge in [-0.3, -0.25) is 4.21 Å². The molecule has 0 aliphatic rings. The minimum atomic E-state index is -0.999. The minimum absolute atomic E-state index is 0.160. The van der Waals surface area contributed by atoms with Crippen molar-refractivity contribution in [3.8, 4) is 5.75 Å². The molecular weight excluding hydrogens is 148 g/mol. The maximum atomic E-state index is 10.8. The summed E-state index contributed by atoms with van der Waals surface area (Å²) in [5.41, 5.74) is 0. The number of rotatable bonds is 1. The van der Waals surface area contributed by atoms with E-state index in [0.717, 1.165) is 0 Å². The van der Waals surface area contributed by atoms with Gasteiger partial charge in [0.2, 0.25) is 0 Å². The molecule has 0 aliphatic heterocycles. The molecule has 1 N–H and O–H groups in total. The molecule has 10 heavy (non-hydrogen) atoms. The van der Waals surface area contributed by atoms with E-state index in [1.807, 2.05) is 0 Å². The third kappa shape index (κ3) is 1.57. The van der Waals surface area contributed by atoms with Gasteiger partial charge in [0.1, 0.15) is 5.75 Å². The van der Waals surface area contributed by atoms with Crippen molar-refractivity contribution in [3.63, 3.8) is 0 Å². The van der Waals surface area contributed by atoms with Crippen LogP contribution in [0.3, 0.4) is 0 Å². The maximum absolute atomic E-state index is 10.8. The third-order valence-electron chi connectivity index (χ3n) is 1.15. The van der Waals surface area contributed by atoms with Crippen LogP contribution in [0.15, 0.2) is 29.2 Å². The average Bonchev–Trinajstić information content (AvgIpc) is 1.88. The molecule has 3 heteroatoms. The van der Waals surface area contributed by atoms with Gasteiger partial charge in [0.05, 0.1) is 0 Å². The van der Waals surface area contributed by atoms with Crippen LogP contribution in [0.4, 0.5) is 0 Å². The Balaban J connectivity index is 3.07. The highest BCUT2D eigenvalue weighted by Crippen LogP contribution is 2.12. The van der Waals surface area contributed by atoms with E-state index in [4.69, 9.17) is 5.11 Å². The largest absolute Gasteiger partial charge is 0.508 e. The summed E-state index contributed by atoms with van der Waals surface area (Å²) in [5.74, 6) is 0.160. The monoisotopic (exact) mass is 156 g/mol. The molecule has 2 nitrogen and oxygen atoms in total. The van der Waals surface area contributed by atoms with Crippen molar-refractivity contribution >= 4 is 10.8 Å². The zero-order chi connectivity index (χ0) is 7.56. The van der Waals surface area contributed by atoms with Crippen LogP contribution < -0.4 is 0 Å². The van der Waals surface area contributed by atoms with Crippen molar-refractivity contribution in [1.82, 2.24) is 0 Å². The van der Waals surface area contributed by atoms with Crippen LogP contribution in [0.1, 0.15) is 0 Å². The molecule has 0 radical (unpaired) electrons. The SMILES string of the molecule is C[S@](=O)c1cccc(O)c1. The van der Waals surface area contributed by atoms with Crippen LogP contribution >= 0.6 is 0 Å². The van der Waals surface area contributed by atoms with Crippen LogP contribution in [-0.4, -0.2) is 15.6 Å². The maximum Gasteiger partial charge on any atom is 0.116 e. The third-order valence-corrected chi connectivity index (χ3v) is 2.07. The van der Waals surface area contributed by atoms with Crippen molar-refractivity contribution in [3.05, 3.63) is 24.3 Å². The predicted molar refractivity (Wildman–Crippen MR) is 40.4 cm³/mol. The van der Waals surface area contributed by atoms with Gasteiger partial charge >= 0.3 is 0 Å². The van der Waals surface area contributed by atoms with Gasteiger partial charge in [0.25, 0.3) is 0 Å². The number of benzene rings is 1. The molecule has 0 heterocycles. The van der Waals surface area contributed by atoms with Crippen molar-refractivity contribution in [2.24, 2.45) is 0 Å². The van der Waals surface area contributed by atoms with Gasteiger partial charge in [-0.25, -0.2) is 0 Å². The Morgan fingerprint density at radius 3 is 2.60 bits per heavy atom. The molecule has 0 saturated heterocycles. The van der Waals surface area contributed by atoms with Crippen LogP contribution in [0.25, 0.3) is 0 Å². The van der Waals surface area contributed by atoms with Crippen molar-refractivity contribution in [2.45, 2.75) is 4.90 Å². The van der Waals surface area contributed by atoms with Gasteiger partial charge < -0.3 is 5.11 Å². The second kappa shape index (κ2) is 2.84. The van der Waals surface area contributed by atoms with E-state index >= 15 is 0 Å². The van der Waals surface area contributed by atoms with Gasteiger partial charge in [-0.2, -0.15) is 0 Å². The normalized spacial score (nSPS) is 12.9. The van der Waals surface area contributed by atoms with Crippen LogP contribution in [0.5, 0.6) is 5.75 Å². The van der Waals surface area contributed by atoms with E-state index < -0.39 is 10.8 Å². The molecule has 0 spiro atoms. The molecule has 54 valence electrons. The topological polar surface area (TPSA) is 37.3 Å². The quantitative estimate of drug-likeness (QED) is 0.661. The van der Waals surface area contributed by atoms with Gasteiger partial charge in [-0.1, -0.05) is 6.07 Å². The lowest BCUT2D eigenvalue weighted by atomic mass is 10.3. The standard InChI is InChI=1S/C7H8O2S/c1-10(9)7-4-2-3-6(8)5-7/h2-5,8H,1H3/t10-/m0/s1. The minimum Gasteiger partial charge on any atom is -0.508 e. The number of hydrogen-bond acceptors (Lipinski definition) is 2. The first-order valence-corrected chi connectivity index (χ1v) is 4.38. The summed E-state index contributed by atoms with van der Waals surface area (Å²) in [6.07, 6.45) is 1.58. The molecule has 1 atom stereocenters. The highest BCUT2D eigenvalue weighted by Gasteiger charge is 1.95. The zero-order valence-electron chi connectivity index (χ0n) is 5.57. The fraction of sp³-hybridized carbons (Fsp3) is 0.143. The first-order chi connectivity index (χ1) is 4.70. The Morgan fingerprint density at radius 2 is 2.20 bits per heavy atom. The molecule has 0 saturated carbocycles. The Hall–Kier alpha value is -0.830. The van der Waals surface area contributed by atoms with Crippen molar-refractivity contribution < 1.29 is 9.32 Å². The lowest BCUT2D eigenvalue weighted by molar-refractivity contribution is 0.473. The van der Waals surface area contributed by atoms with Gasteiger partial charge in [0.15, 0.2) is 0 Å². The lowest BCUT2D eigenvalue weighted by Crippen LogP contribution is -1.84. The predicted octanol–water partition coefficient (Wildman–Crippen LogP) is 1.13. The first kappa shape index (κ1) is 7.28. The molecule has 1 rings (SSSR count). The Kier molecular flexibility index (Phi) is 2.06. The van der Waals surface area contributed by atoms with E-state index in [1.54, 1.807) is 24.5 Å². The summed E-state index contributed by atoms with van der Waals surface area (Å²) in [7, 11) is -0.999. The molecule has 0 amide bonds. The van der Waals surface area contributed by atoms with Gasteiger partial charge in [-0.05, 0) is 18.2 Å². The van der Waals surface area contributed by atoms with E-state index in [-0.39, 0.29) is 5.75 Å². The smallest absolute Gasteiger partial charge is 0.116 e. The molecule has 0 aliphatic carbocycles. The van der Waals surface area contributed by atoms with Gasteiger partial charge in [-0.15, -0.1) is 0 Å². The first-order valence-electron chi connectivity index (χ1n) is 2.82. The summed E-state index contributed by atoms with van der Waals surface area (Å²) in [6, 6.07) is 6.44. The van der Waals surface area contributed by atoms with Crippen LogP contribution in [0.2, 0.25) is 0 Å². The van der Waals surface area contributed by atoms with Gasteiger partial charge in [0, 0.05) is 22.0 Å². The molecule has 0 bridgehead atoms. The second-order valence-electron chi connectivity index (χ2n) is 1.95. The van der Waals surface area contributed by atoms with E-state index in [2.05, 4.69) is 0 Å². The Morgan fingerprint density at radius 1 is 1.50 bits per heavy atom. The summed E-state index contributed by atoms with van der Waals surface area (Å²) in [6.45, 7) is 0. The highest BCUT2D eigenvalue weighted by molar-refractivity contribution is 7.84. The molecule has 1 aromatic rings. The molecule has 0 fully saturated rings. The highest BCUT2D eigenvalue weighted by atomic mass is 32.2. The lowest BCUT2D eigenvalue weighted by Gasteiger charge is -1.94. The summed E-state index contributed by atoms with van der Waals surface area (Å²) < 4.78 is 10.8.